The van der Waals surface area contributed by atoms with Crippen molar-refractivity contribution in [2.45, 2.75) is 0 Å². The molecule has 0 radical (unpaired) electrons. The lowest BCUT2D eigenvalue weighted by Crippen LogP contribution is -2.36. The van der Waals surface area contributed by atoms with E-state index in [1.807, 2.05) is 17.0 Å². The molecule has 0 saturated carbocycles. The molecule has 0 unspecified atom stereocenters. The quantitative estimate of drug-likeness (QED) is 0.620. The van der Waals surface area contributed by atoms with Crippen LogP contribution in [-0.2, 0) is 19.1 Å². The summed E-state index contributed by atoms with van der Waals surface area (Å²) in [5.41, 5.74) is 1.30. The zero-order valence-electron chi connectivity index (χ0n) is 15.1. The maximum atomic E-state index is 12.7. The summed E-state index contributed by atoms with van der Waals surface area (Å²) >= 11 is 0. The molecule has 1 heterocycles. The predicted octanol–water partition coefficient (Wildman–Crippen LogP) is 1.000. The second kappa shape index (κ2) is 8.64. The van der Waals surface area contributed by atoms with Crippen LogP contribution in [0.1, 0.15) is 5.56 Å². The van der Waals surface area contributed by atoms with Gasteiger partial charge in [-0.3, -0.25) is 14.5 Å². The van der Waals surface area contributed by atoms with E-state index in [2.05, 4.69) is 0 Å². The van der Waals surface area contributed by atoms with Crippen LogP contribution in [-0.4, -0.2) is 76.3 Å². The highest BCUT2D eigenvalue weighted by Gasteiger charge is 2.40. The molecule has 1 aliphatic heterocycles. The molecule has 7 heteroatoms. The van der Waals surface area contributed by atoms with Gasteiger partial charge < -0.3 is 19.1 Å². The second-order valence-electron chi connectivity index (χ2n) is 5.57. The highest BCUT2D eigenvalue weighted by atomic mass is 16.5. The van der Waals surface area contributed by atoms with Crippen LogP contribution in [0.2, 0.25) is 0 Å². The molecule has 0 N–H and O–H groups in total. The third-order valence-corrected chi connectivity index (χ3v) is 4.09. The van der Waals surface area contributed by atoms with Gasteiger partial charge in [0.25, 0.3) is 11.8 Å². The molecule has 0 saturated heterocycles. The number of hydrogen-bond donors (Lipinski definition) is 0. The van der Waals surface area contributed by atoms with Crippen LogP contribution >= 0.6 is 0 Å². The van der Waals surface area contributed by atoms with E-state index in [1.54, 1.807) is 26.4 Å². The largest absolute Gasteiger partial charge is 0.496 e. The van der Waals surface area contributed by atoms with E-state index in [0.29, 0.717) is 48.9 Å². The third-order valence-electron chi connectivity index (χ3n) is 4.09. The average molecular weight is 348 g/mol. The lowest BCUT2D eigenvalue weighted by atomic mass is 10.0. The first-order valence-electron chi connectivity index (χ1n) is 7.99. The molecule has 2 rings (SSSR count). The Hall–Kier alpha value is -2.38. The number of nitrogens with zero attached hydrogens (tertiary/aromatic N) is 2. The van der Waals surface area contributed by atoms with Gasteiger partial charge in [0.15, 0.2) is 0 Å². The van der Waals surface area contributed by atoms with Gasteiger partial charge in [0.2, 0.25) is 0 Å². The number of likely N-dealkylation sites (N-methyl/N-ethyl adjacent to an activating group) is 1. The van der Waals surface area contributed by atoms with Crippen molar-refractivity contribution in [2.75, 3.05) is 54.7 Å². The molecule has 0 aliphatic carbocycles. The first-order chi connectivity index (χ1) is 12.1. The Morgan fingerprint density at radius 3 is 2.12 bits per heavy atom. The highest BCUT2D eigenvalue weighted by molar-refractivity contribution is 6.35. The number of methoxy groups -OCH3 is 3. The van der Waals surface area contributed by atoms with E-state index < -0.39 is 0 Å². The Morgan fingerprint density at radius 2 is 1.56 bits per heavy atom. The van der Waals surface area contributed by atoms with Gasteiger partial charge in [-0.1, -0.05) is 18.2 Å². The van der Waals surface area contributed by atoms with Gasteiger partial charge in [-0.05, 0) is 6.07 Å². The molecular formula is C18H24N2O5. The maximum absolute atomic E-state index is 12.7. The zero-order valence-corrected chi connectivity index (χ0v) is 15.1. The smallest absolute Gasteiger partial charge is 0.277 e. The van der Waals surface area contributed by atoms with Crippen molar-refractivity contribution in [3.8, 4) is 5.75 Å². The number of hydrogen-bond acceptors (Lipinski definition) is 6. The van der Waals surface area contributed by atoms with Crippen molar-refractivity contribution in [1.82, 2.24) is 9.80 Å². The standard InChI is InChI=1S/C18H24N2O5/c1-19-17(21)15(13-7-5-6-8-14(13)25-4)16(18(19)22)20(9-11-23-2)10-12-24-3/h5-8H,9-12H2,1-4H3. The Labute approximate surface area is 147 Å². The van der Waals surface area contributed by atoms with Crippen LogP contribution in [0.15, 0.2) is 30.0 Å². The van der Waals surface area contributed by atoms with Crippen molar-refractivity contribution < 1.29 is 23.8 Å². The topological polar surface area (TPSA) is 68.3 Å². The summed E-state index contributed by atoms with van der Waals surface area (Å²) in [4.78, 5) is 28.5. The average Bonchev–Trinajstić information content (AvgIpc) is 2.86. The van der Waals surface area contributed by atoms with Crippen molar-refractivity contribution in [3.05, 3.63) is 35.5 Å². The summed E-state index contributed by atoms with van der Waals surface area (Å²) in [5, 5.41) is 0. The van der Waals surface area contributed by atoms with E-state index in [-0.39, 0.29) is 11.8 Å². The Balaban J connectivity index is 2.57. The monoisotopic (exact) mass is 348 g/mol. The Kier molecular flexibility index (Phi) is 6.55. The fourth-order valence-corrected chi connectivity index (χ4v) is 2.75. The SMILES string of the molecule is COCCN(CCOC)C1=C(c2ccccc2OC)C(=O)N(C)C1=O. The van der Waals surface area contributed by atoms with Crippen molar-refractivity contribution in [1.29, 1.82) is 0 Å². The van der Waals surface area contributed by atoms with Crippen LogP contribution in [0.5, 0.6) is 5.75 Å². The number of ether oxygens (including phenoxy) is 3. The lowest BCUT2D eigenvalue weighted by Gasteiger charge is -2.25. The van der Waals surface area contributed by atoms with Crippen LogP contribution in [0.3, 0.4) is 0 Å². The highest BCUT2D eigenvalue weighted by Crippen LogP contribution is 2.35. The molecule has 1 aromatic rings. The van der Waals surface area contributed by atoms with Gasteiger partial charge in [0.1, 0.15) is 11.4 Å². The number of carbonyl (C=O) groups excluding carboxylic acids is 2. The molecule has 0 spiro atoms. The van der Waals surface area contributed by atoms with Crippen molar-refractivity contribution in [2.24, 2.45) is 0 Å². The third kappa shape index (κ3) is 3.83. The normalized spacial score (nSPS) is 14.5. The van der Waals surface area contributed by atoms with Gasteiger partial charge in [-0.2, -0.15) is 0 Å². The lowest BCUT2D eigenvalue weighted by molar-refractivity contribution is -0.136. The maximum Gasteiger partial charge on any atom is 0.277 e. The summed E-state index contributed by atoms with van der Waals surface area (Å²) < 4.78 is 15.7. The first kappa shape index (κ1) is 19.0. The van der Waals surface area contributed by atoms with Crippen molar-refractivity contribution in [3.63, 3.8) is 0 Å². The van der Waals surface area contributed by atoms with Crippen LogP contribution in [0, 0.1) is 0 Å². The first-order valence-corrected chi connectivity index (χ1v) is 7.99. The number of benzene rings is 1. The number of amides is 2. The minimum atomic E-state index is -0.343. The number of imide groups is 1. The van der Waals surface area contributed by atoms with Gasteiger partial charge in [0.05, 0.1) is 25.9 Å². The summed E-state index contributed by atoms with van der Waals surface area (Å²) in [7, 11) is 6.21. The molecule has 2 amide bonds. The van der Waals surface area contributed by atoms with Crippen molar-refractivity contribution >= 4 is 17.4 Å². The Morgan fingerprint density at radius 1 is 0.960 bits per heavy atom. The molecule has 0 atom stereocenters. The van der Waals surface area contributed by atoms with Gasteiger partial charge in [-0.25, -0.2) is 0 Å². The van der Waals surface area contributed by atoms with Gasteiger partial charge >= 0.3 is 0 Å². The van der Waals surface area contributed by atoms with E-state index in [0.717, 1.165) is 4.90 Å². The molecule has 1 aromatic carbocycles. The van der Waals surface area contributed by atoms with E-state index in [9.17, 15) is 9.59 Å². The summed E-state index contributed by atoms with van der Waals surface area (Å²) in [6.07, 6.45) is 0. The molecule has 1 aliphatic rings. The minimum Gasteiger partial charge on any atom is -0.496 e. The fourth-order valence-electron chi connectivity index (χ4n) is 2.75. The zero-order chi connectivity index (χ0) is 18.4. The minimum absolute atomic E-state index is 0.335. The molecule has 25 heavy (non-hydrogen) atoms. The van der Waals surface area contributed by atoms with Crippen LogP contribution in [0.25, 0.3) is 5.57 Å². The van der Waals surface area contributed by atoms with E-state index in [4.69, 9.17) is 14.2 Å². The molecule has 0 bridgehead atoms. The van der Waals surface area contributed by atoms with E-state index >= 15 is 0 Å². The van der Waals surface area contributed by atoms with Gasteiger partial charge in [0, 0.05) is 39.9 Å². The van der Waals surface area contributed by atoms with Crippen LogP contribution < -0.4 is 4.74 Å². The van der Waals surface area contributed by atoms with E-state index in [1.165, 1.54) is 14.2 Å². The van der Waals surface area contributed by atoms with Crippen LogP contribution in [0.4, 0.5) is 0 Å². The summed E-state index contributed by atoms with van der Waals surface area (Å²) in [5.74, 6) is -0.132. The molecular weight excluding hydrogens is 324 g/mol. The molecule has 7 nitrogen and oxygen atoms in total. The molecule has 136 valence electrons. The van der Waals surface area contributed by atoms with Gasteiger partial charge in [-0.15, -0.1) is 0 Å². The fraction of sp³-hybridized carbons (Fsp3) is 0.444. The second-order valence-corrected chi connectivity index (χ2v) is 5.57. The summed E-state index contributed by atoms with van der Waals surface area (Å²) in [6, 6.07) is 7.18. The summed E-state index contributed by atoms with van der Waals surface area (Å²) in [6.45, 7) is 1.80. The number of carbonyl (C=O) groups is 2. The number of para-hydroxylation sites is 1. The Bertz CT molecular complexity index is 663. The molecule has 0 aromatic heterocycles. The molecule has 0 fully saturated rings. The predicted molar refractivity (Wildman–Crippen MR) is 93.0 cm³/mol. The number of rotatable bonds is 9.